The molecule has 27 heavy (non-hydrogen) atoms. The van der Waals surface area contributed by atoms with Crippen LogP contribution in [0.3, 0.4) is 0 Å². The summed E-state index contributed by atoms with van der Waals surface area (Å²) in [7, 11) is 1.97. The van der Waals surface area contributed by atoms with Gasteiger partial charge in [-0.15, -0.1) is 0 Å². The lowest BCUT2D eigenvalue weighted by molar-refractivity contribution is 0.0697. The summed E-state index contributed by atoms with van der Waals surface area (Å²) in [4.78, 5) is 23.0. The molecule has 5 nitrogen and oxygen atoms in total. The monoisotopic (exact) mass is 380 g/mol. The summed E-state index contributed by atoms with van der Waals surface area (Å²) in [6.45, 7) is 1.61. The maximum atomic E-state index is 13.1. The van der Waals surface area contributed by atoms with Gasteiger partial charge in [-0.25, -0.2) is 4.98 Å². The zero-order chi connectivity index (χ0) is 18.6. The average molecular weight is 381 g/mol. The summed E-state index contributed by atoms with van der Waals surface area (Å²) in [6.07, 6.45) is 2.18. The normalized spacial score (nSPS) is 17.4. The van der Waals surface area contributed by atoms with Gasteiger partial charge in [0.25, 0.3) is 5.91 Å². The molecule has 1 aliphatic rings. The largest absolute Gasteiger partial charge is 0.337 e. The van der Waals surface area contributed by atoms with Crippen molar-refractivity contribution >= 4 is 28.7 Å². The summed E-state index contributed by atoms with van der Waals surface area (Å²) in [5.74, 6) is 0.848. The van der Waals surface area contributed by atoms with Crippen LogP contribution in [0.15, 0.2) is 53.7 Å². The van der Waals surface area contributed by atoms with E-state index in [1.807, 2.05) is 60.5 Å². The van der Waals surface area contributed by atoms with Gasteiger partial charge in [0.2, 0.25) is 0 Å². The summed E-state index contributed by atoms with van der Waals surface area (Å²) >= 11 is 1.63. The van der Waals surface area contributed by atoms with E-state index in [0.29, 0.717) is 11.8 Å². The number of fused-ring (bicyclic) bond motifs is 1. The van der Waals surface area contributed by atoms with Crippen LogP contribution in [0.1, 0.15) is 28.8 Å². The lowest BCUT2D eigenvalue weighted by Gasteiger charge is -2.33. The third-order valence-corrected chi connectivity index (χ3v) is 6.02. The molecule has 4 rings (SSSR count). The SMILES string of the molecule is CNC1CCCN(C(=O)c2ccccc2CSc2nc3ccccc3[nH]2)C1. The first kappa shape index (κ1) is 18.1. The highest BCUT2D eigenvalue weighted by atomic mass is 32.2. The van der Waals surface area contributed by atoms with Crippen LogP contribution in [0.4, 0.5) is 0 Å². The number of carbonyl (C=O) groups excluding carboxylic acids is 1. The minimum atomic E-state index is 0.135. The number of carbonyl (C=O) groups is 1. The maximum Gasteiger partial charge on any atom is 0.254 e. The Morgan fingerprint density at radius 2 is 2.07 bits per heavy atom. The number of amides is 1. The second-order valence-electron chi connectivity index (χ2n) is 6.88. The minimum absolute atomic E-state index is 0.135. The quantitative estimate of drug-likeness (QED) is 0.663. The first-order valence-corrected chi connectivity index (χ1v) is 10.3. The number of H-pyrrole nitrogens is 1. The van der Waals surface area contributed by atoms with Crippen LogP contribution in [-0.2, 0) is 5.75 Å². The van der Waals surface area contributed by atoms with Crippen molar-refractivity contribution in [3.05, 3.63) is 59.7 Å². The van der Waals surface area contributed by atoms with Crippen LogP contribution in [0.2, 0.25) is 0 Å². The number of hydrogen-bond donors (Lipinski definition) is 2. The second-order valence-corrected chi connectivity index (χ2v) is 7.85. The molecular weight excluding hydrogens is 356 g/mol. The van der Waals surface area contributed by atoms with E-state index in [-0.39, 0.29) is 5.91 Å². The highest BCUT2D eigenvalue weighted by Gasteiger charge is 2.24. The third kappa shape index (κ3) is 4.01. The third-order valence-electron chi connectivity index (χ3n) is 5.10. The number of imidazole rings is 1. The second kappa shape index (κ2) is 8.15. The van der Waals surface area contributed by atoms with Gasteiger partial charge < -0.3 is 15.2 Å². The number of hydrogen-bond acceptors (Lipinski definition) is 4. The van der Waals surface area contributed by atoms with Crippen molar-refractivity contribution in [3.63, 3.8) is 0 Å². The van der Waals surface area contributed by atoms with Crippen molar-refractivity contribution < 1.29 is 4.79 Å². The molecule has 6 heteroatoms. The summed E-state index contributed by atoms with van der Waals surface area (Å²) in [6, 6.07) is 16.3. The van der Waals surface area contributed by atoms with Crippen molar-refractivity contribution in [1.29, 1.82) is 0 Å². The molecule has 3 aromatic rings. The van der Waals surface area contributed by atoms with Crippen molar-refractivity contribution in [2.75, 3.05) is 20.1 Å². The number of nitrogens with zero attached hydrogens (tertiary/aromatic N) is 2. The zero-order valence-corrected chi connectivity index (χ0v) is 16.3. The minimum Gasteiger partial charge on any atom is -0.337 e. The van der Waals surface area contributed by atoms with E-state index in [4.69, 9.17) is 0 Å². The molecule has 1 saturated heterocycles. The Kier molecular flexibility index (Phi) is 5.45. The van der Waals surface area contributed by atoms with E-state index < -0.39 is 0 Å². The van der Waals surface area contributed by atoms with E-state index >= 15 is 0 Å². The van der Waals surface area contributed by atoms with Gasteiger partial charge in [-0.3, -0.25) is 4.79 Å². The van der Waals surface area contributed by atoms with Crippen LogP contribution >= 0.6 is 11.8 Å². The molecule has 0 saturated carbocycles. The standard InChI is InChI=1S/C21H24N4OS/c1-22-16-8-6-12-25(13-16)20(26)17-9-3-2-7-15(17)14-27-21-23-18-10-4-5-11-19(18)24-21/h2-5,7,9-11,16,22H,6,8,12-14H2,1H3,(H,23,24). The van der Waals surface area contributed by atoms with Crippen molar-refractivity contribution in [1.82, 2.24) is 20.2 Å². The number of thioether (sulfide) groups is 1. The van der Waals surface area contributed by atoms with Crippen molar-refractivity contribution in [3.8, 4) is 0 Å². The average Bonchev–Trinajstić information content (AvgIpc) is 3.15. The number of nitrogens with one attached hydrogen (secondary N) is 2. The Balaban J connectivity index is 1.49. The molecule has 1 aromatic heterocycles. The van der Waals surface area contributed by atoms with Crippen LogP contribution in [0, 0.1) is 0 Å². The smallest absolute Gasteiger partial charge is 0.254 e. The first-order chi connectivity index (χ1) is 13.2. The summed E-state index contributed by atoms with van der Waals surface area (Å²) < 4.78 is 0. The Hall–Kier alpha value is -2.31. The number of piperidine rings is 1. The van der Waals surface area contributed by atoms with E-state index in [0.717, 1.165) is 53.2 Å². The van der Waals surface area contributed by atoms with Gasteiger partial charge in [0.05, 0.1) is 11.0 Å². The highest BCUT2D eigenvalue weighted by Crippen LogP contribution is 2.25. The fourth-order valence-electron chi connectivity index (χ4n) is 3.57. The van der Waals surface area contributed by atoms with E-state index in [1.54, 1.807) is 11.8 Å². The Morgan fingerprint density at radius 3 is 2.93 bits per heavy atom. The van der Waals surface area contributed by atoms with E-state index in [2.05, 4.69) is 15.3 Å². The van der Waals surface area contributed by atoms with Gasteiger partial charge in [0.15, 0.2) is 5.16 Å². The van der Waals surface area contributed by atoms with Gasteiger partial charge in [0, 0.05) is 30.4 Å². The molecule has 0 radical (unpaired) electrons. The lowest BCUT2D eigenvalue weighted by Crippen LogP contribution is -2.47. The van der Waals surface area contributed by atoms with E-state index in [1.165, 1.54) is 0 Å². The number of aromatic nitrogens is 2. The van der Waals surface area contributed by atoms with Crippen LogP contribution in [0.25, 0.3) is 11.0 Å². The maximum absolute atomic E-state index is 13.1. The number of benzene rings is 2. The van der Waals surface area contributed by atoms with Gasteiger partial charge in [-0.1, -0.05) is 42.1 Å². The molecule has 0 spiro atoms. The van der Waals surface area contributed by atoms with Gasteiger partial charge >= 0.3 is 0 Å². The molecule has 1 aliphatic heterocycles. The Labute approximate surface area is 163 Å². The van der Waals surface area contributed by atoms with Gasteiger partial charge in [0.1, 0.15) is 0 Å². The Bertz CT molecular complexity index is 906. The molecule has 0 aliphatic carbocycles. The highest BCUT2D eigenvalue weighted by molar-refractivity contribution is 7.98. The predicted molar refractivity (Wildman–Crippen MR) is 110 cm³/mol. The summed E-state index contributed by atoms with van der Waals surface area (Å²) in [5, 5.41) is 4.18. The van der Waals surface area contributed by atoms with Crippen molar-refractivity contribution in [2.45, 2.75) is 29.8 Å². The van der Waals surface area contributed by atoms with E-state index in [9.17, 15) is 4.79 Å². The fourth-order valence-corrected chi connectivity index (χ4v) is 4.46. The molecule has 2 aromatic carbocycles. The number of para-hydroxylation sites is 2. The number of likely N-dealkylation sites (N-methyl/N-ethyl adjacent to an activating group) is 1. The lowest BCUT2D eigenvalue weighted by atomic mass is 10.0. The van der Waals surface area contributed by atoms with Crippen LogP contribution < -0.4 is 5.32 Å². The molecule has 0 bridgehead atoms. The molecule has 1 fully saturated rings. The van der Waals surface area contributed by atoms with Crippen molar-refractivity contribution in [2.24, 2.45) is 0 Å². The molecular formula is C21H24N4OS. The Morgan fingerprint density at radius 1 is 1.26 bits per heavy atom. The molecule has 2 heterocycles. The fraction of sp³-hybridized carbons (Fsp3) is 0.333. The molecule has 1 atom stereocenters. The number of likely N-dealkylation sites (tertiary alicyclic amines) is 1. The number of aromatic amines is 1. The van der Waals surface area contributed by atoms with Crippen LogP contribution in [0.5, 0.6) is 0 Å². The number of rotatable bonds is 5. The van der Waals surface area contributed by atoms with Gasteiger partial charge in [-0.05, 0) is 43.7 Å². The van der Waals surface area contributed by atoms with Gasteiger partial charge in [-0.2, -0.15) is 0 Å². The molecule has 1 amide bonds. The zero-order valence-electron chi connectivity index (χ0n) is 15.4. The van der Waals surface area contributed by atoms with Crippen LogP contribution in [-0.4, -0.2) is 47.0 Å². The topological polar surface area (TPSA) is 61.0 Å². The predicted octanol–water partition coefficient (Wildman–Crippen LogP) is 3.68. The molecule has 2 N–H and O–H groups in total. The molecule has 140 valence electrons. The molecule has 1 unspecified atom stereocenters. The first-order valence-electron chi connectivity index (χ1n) is 9.36. The summed E-state index contributed by atoms with van der Waals surface area (Å²) in [5.41, 5.74) is 3.86.